The number of nitrogens with zero attached hydrogens (tertiary/aromatic N) is 3. The van der Waals surface area contributed by atoms with Gasteiger partial charge in [-0.25, -0.2) is 0 Å². The molecule has 0 aliphatic rings. The number of carbonyl (C=O) groups excluding carboxylic acids is 1. The Morgan fingerprint density at radius 2 is 2.29 bits per heavy atom. The lowest BCUT2D eigenvalue weighted by Crippen LogP contribution is -2.44. The molecule has 0 aliphatic carbocycles. The highest BCUT2D eigenvalue weighted by molar-refractivity contribution is 7.08. The fourth-order valence-corrected chi connectivity index (χ4v) is 1.95. The highest BCUT2D eigenvalue weighted by atomic mass is 32.1. The summed E-state index contributed by atoms with van der Waals surface area (Å²) < 4.78 is 3.79. The van der Waals surface area contributed by atoms with Crippen molar-refractivity contribution in [2.45, 2.75) is 45.6 Å². The predicted molar refractivity (Wildman–Crippen MR) is 65.8 cm³/mol. The molecular weight excluding hydrogens is 236 g/mol. The second-order valence-electron chi connectivity index (χ2n) is 4.39. The first-order valence-corrected chi connectivity index (χ1v) is 6.27. The molecule has 0 saturated heterocycles. The Bertz CT molecular complexity index is 449. The molecule has 17 heavy (non-hydrogen) atoms. The van der Waals surface area contributed by atoms with E-state index < -0.39 is 5.54 Å². The lowest BCUT2D eigenvalue weighted by Gasteiger charge is -2.20. The molecular formula is C11H16N4OS. The second-order valence-corrected chi connectivity index (χ2v) is 5.15. The van der Waals surface area contributed by atoms with Crippen molar-refractivity contribution in [1.29, 1.82) is 5.26 Å². The number of rotatable bonds is 4. The first-order chi connectivity index (χ1) is 7.93. The van der Waals surface area contributed by atoms with E-state index in [0.717, 1.165) is 11.5 Å². The molecule has 0 bridgehead atoms. The first kappa shape index (κ1) is 13.6. The van der Waals surface area contributed by atoms with Gasteiger partial charge in [0.1, 0.15) is 10.4 Å². The van der Waals surface area contributed by atoms with Crippen molar-refractivity contribution in [2.24, 2.45) is 0 Å². The van der Waals surface area contributed by atoms with Crippen molar-refractivity contribution in [3.8, 4) is 6.07 Å². The lowest BCUT2D eigenvalue weighted by atomic mass is 10.0. The number of amides is 1. The molecule has 1 aromatic rings. The van der Waals surface area contributed by atoms with Crippen LogP contribution >= 0.6 is 11.5 Å². The van der Waals surface area contributed by atoms with Crippen LogP contribution in [0.1, 0.15) is 55.4 Å². The average molecular weight is 252 g/mol. The smallest absolute Gasteiger partial charge is 0.266 e. The van der Waals surface area contributed by atoms with Gasteiger partial charge in [0.2, 0.25) is 0 Å². The van der Waals surface area contributed by atoms with Crippen LogP contribution in [0.15, 0.2) is 0 Å². The maximum atomic E-state index is 12.0. The fraction of sp³-hybridized carbons (Fsp3) is 0.636. The van der Waals surface area contributed by atoms with Crippen LogP contribution in [-0.4, -0.2) is 21.0 Å². The third-order valence-electron chi connectivity index (χ3n) is 2.61. The van der Waals surface area contributed by atoms with E-state index in [1.54, 1.807) is 6.92 Å². The molecule has 6 heteroatoms. The van der Waals surface area contributed by atoms with Crippen molar-refractivity contribution < 1.29 is 4.79 Å². The van der Waals surface area contributed by atoms with E-state index in [-0.39, 0.29) is 11.8 Å². The van der Waals surface area contributed by atoms with Crippen molar-refractivity contribution in [2.75, 3.05) is 0 Å². The van der Waals surface area contributed by atoms with Crippen LogP contribution in [-0.2, 0) is 0 Å². The van der Waals surface area contributed by atoms with E-state index in [4.69, 9.17) is 5.26 Å². The average Bonchev–Trinajstić information content (AvgIpc) is 2.77. The van der Waals surface area contributed by atoms with E-state index in [9.17, 15) is 4.79 Å². The van der Waals surface area contributed by atoms with E-state index >= 15 is 0 Å². The Hall–Kier alpha value is -1.48. The molecule has 1 amide bonds. The first-order valence-electron chi connectivity index (χ1n) is 5.49. The molecule has 1 heterocycles. The van der Waals surface area contributed by atoms with Crippen LogP contribution in [0.25, 0.3) is 0 Å². The van der Waals surface area contributed by atoms with Gasteiger partial charge < -0.3 is 5.32 Å². The van der Waals surface area contributed by atoms with Crippen LogP contribution in [0.5, 0.6) is 0 Å². The maximum Gasteiger partial charge on any atom is 0.266 e. The molecule has 92 valence electrons. The van der Waals surface area contributed by atoms with Gasteiger partial charge in [0, 0.05) is 0 Å². The Labute approximate surface area is 105 Å². The van der Waals surface area contributed by atoms with Crippen molar-refractivity contribution in [1.82, 2.24) is 14.9 Å². The summed E-state index contributed by atoms with van der Waals surface area (Å²) in [4.78, 5) is 12.5. The molecule has 1 rings (SSSR count). The summed E-state index contributed by atoms with van der Waals surface area (Å²) >= 11 is 1.07. The summed E-state index contributed by atoms with van der Waals surface area (Å²) in [5.74, 6) is -0.126. The minimum atomic E-state index is -0.838. The fourth-order valence-electron chi connectivity index (χ4n) is 1.24. The lowest BCUT2D eigenvalue weighted by molar-refractivity contribution is 0.0925. The van der Waals surface area contributed by atoms with E-state index in [1.807, 2.05) is 20.8 Å². The normalized spacial score (nSPS) is 14.1. The van der Waals surface area contributed by atoms with Crippen LogP contribution in [0.3, 0.4) is 0 Å². The Balaban J connectivity index is 2.92. The summed E-state index contributed by atoms with van der Waals surface area (Å²) in [6.45, 7) is 7.47. The zero-order valence-electron chi connectivity index (χ0n) is 10.4. The summed E-state index contributed by atoms with van der Waals surface area (Å²) in [6, 6.07) is 2.10. The van der Waals surface area contributed by atoms with Gasteiger partial charge in [-0.2, -0.15) is 5.26 Å². The zero-order valence-corrected chi connectivity index (χ0v) is 11.3. The number of nitriles is 1. The monoisotopic (exact) mass is 252 g/mol. The van der Waals surface area contributed by atoms with Gasteiger partial charge in [0.25, 0.3) is 5.91 Å². The standard InChI is InChI=1S/C11H16N4OS/c1-5-11(4,6-12)13-10(16)9-8(7(2)3)14-15-17-9/h7H,5H2,1-4H3,(H,13,16). The number of nitrogens with one attached hydrogen (secondary N) is 1. The minimum absolute atomic E-state index is 0.143. The van der Waals surface area contributed by atoms with E-state index in [0.29, 0.717) is 17.0 Å². The Morgan fingerprint density at radius 3 is 2.76 bits per heavy atom. The van der Waals surface area contributed by atoms with Crippen LogP contribution in [0.2, 0.25) is 0 Å². The molecule has 0 spiro atoms. The summed E-state index contributed by atoms with van der Waals surface area (Å²) in [5, 5.41) is 15.7. The minimum Gasteiger partial charge on any atom is -0.333 e. The Morgan fingerprint density at radius 1 is 1.65 bits per heavy atom. The highest BCUT2D eigenvalue weighted by Crippen LogP contribution is 2.20. The largest absolute Gasteiger partial charge is 0.333 e. The van der Waals surface area contributed by atoms with Crippen LogP contribution in [0.4, 0.5) is 0 Å². The number of carbonyl (C=O) groups is 1. The predicted octanol–water partition coefficient (Wildman–Crippen LogP) is 2.08. The maximum absolute atomic E-state index is 12.0. The molecule has 1 aromatic heterocycles. The number of hydrogen-bond donors (Lipinski definition) is 1. The van der Waals surface area contributed by atoms with Crippen LogP contribution < -0.4 is 5.32 Å². The van der Waals surface area contributed by atoms with Crippen molar-refractivity contribution >= 4 is 17.4 Å². The summed E-state index contributed by atoms with van der Waals surface area (Å²) in [6.07, 6.45) is 0.554. The Kier molecular flexibility index (Phi) is 4.18. The van der Waals surface area contributed by atoms with Gasteiger partial charge >= 0.3 is 0 Å². The highest BCUT2D eigenvalue weighted by Gasteiger charge is 2.27. The van der Waals surface area contributed by atoms with E-state index in [2.05, 4.69) is 21.0 Å². The SMILES string of the molecule is CCC(C)(C#N)NC(=O)c1snnc1C(C)C. The summed E-state index contributed by atoms with van der Waals surface area (Å²) in [7, 11) is 0. The van der Waals surface area contributed by atoms with Gasteiger partial charge in [0.15, 0.2) is 0 Å². The summed E-state index contributed by atoms with van der Waals surface area (Å²) in [5.41, 5.74) is -0.154. The topological polar surface area (TPSA) is 78.7 Å². The molecule has 1 N–H and O–H groups in total. The van der Waals surface area contributed by atoms with Gasteiger partial charge in [-0.3, -0.25) is 4.79 Å². The van der Waals surface area contributed by atoms with Gasteiger partial charge in [-0.1, -0.05) is 25.3 Å². The molecule has 0 saturated carbocycles. The molecule has 0 fully saturated rings. The zero-order chi connectivity index (χ0) is 13.1. The molecule has 0 aromatic carbocycles. The second kappa shape index (κ2) is 5.23. The van der Waals surface area contributed by atoms with Crippen molar-refractivity contribution in [3.63, 3.8) is 0 Å². The number of hydrogen-bond acceptors (Lipinski definition) is 5. The third-order valence-corrected chi connectivity index (χ3v) is 3.35. The van der Waals surface area contributed by atoms with Crippen LogP contribution in [0, 0.1) is 11.3 Å². The quantitative estimate of drug-likeness (QED) is 0.889. The van der Waals surface area contributed by atoms with E-state index in [1.165, 1.54) is 0 Å². The van der Waals surface area contributed by atoms with Gasteiger partial charge in [-0.15, -0.1) is 5.10 Å². The molecule has 5 nitrogen and oxygen atoms in total. The van der Waals surface area contributed by atoms with Gasteiger partial charge in [0.05, 0.1) is 11.8 Å². The third kappa shape index (κ3) is 3.01. The molecule has 1 atom stereocenters. The van der Waals surface area contributed by atoms with Gasteiger partial charge in [-0.05, 0) is 30.8 Å². The number of aromatic nitrogens is 2. The van der Waals surface area contributed by atoms with Crippen molar-refractivity contribution in [3.05, 3.63) is 10.6 Å². The molecule has 0 aliphatic heterocycles. The molecule has 0 radical (unpaired) electrons. The molecule has 1 unspecified atom stereocenters.